The van der Waals surface area contributed by atoms with Crippen molar-refractivity contribution in [3.05, 3.63) is 35.9 Å². The predicted octanol–water partition coefficient (Wildman–Crippen LogP) is 2.82. The van der Waals surface area contributed by atoms with Crippen molar-refractivity contribution in [2.75, 3.05) is 0 Å². The summed E-state index contributed by atoms with van der Waals surface area (Å²) in [7, 11) is 0. The second-order valence-corrected chi connectivity index (χ2v) is 7.65. The van der Waals surface area contributed by atoms with Gasteiger partial charge in [-0.2, -0.15) is 0 Å². The van der Waals surface area contributed by atoms with Crippen molar-refractivity contribution in [3.8, 4) is 0 Å². The molecule has 0 saturated heterocycles. The SMILES string of the molecule is O=[C]([Sn](=[O])[O]Cc1ccccc1)C(F)(F)CC(F)(F)F. The van der Waals surface area contributed by atoms with E-state index in [1.807, 2.05) is 0 Å². The number of alkyl halides is 5. The van der Waals surface area contributed by atoms with Crippen LogP contribution in [0.5, 0.6) is 0 Å². The molecule has 1 aromatic rings. The van der Waals surface area contributed by atoms with Gasteiger partial charge in [0.1, 0.15) is 0 Å². The van der Waals surface area contributed by atoms with Crippen LogP contribution in [0, 0.1) is 0 Å². The van der Waals surface area contributed by atoms with E-state index in [1.54, 1.807) is 18.2 Å². The molecule has 9 heteroatoms. The van der Waals surface area contributed by atoms with E-state index in [0.717, 1.165) is 0 Å². The molecule has 3 nitrogen and oxygen atoms in total. The third-order valence-electron chi connectivity index (χ3n) is 2.15. The minimum atomic E-state index is -5.22. The Balaban J connectivity index is 2.61. The summed E-state index contributed by atoms with van der Waals surface area (Å²) in [5, 5.41) is 0. The fourth-order valence-corrected chi connectivity index (χ4v) is 3.60. The molecule has 110 valence electrons. The van der Waals surface area contributed by atoms with Crippen LogP contribution in [0.3, 0.4) is 0 Å². The minimum absolute atomic E-state index is 0.354. The van der Waals surface area contributed by atoms with E-state index in [1.165, 1.54) is 12.1 Å². The van der Waals surface area contributed by atoms with Gasteiger partial charge in [-0.15, -0.1) is 0 Å². The van der Waals surface area contributed by atoms with Gasteiger partial charge in [-0.05, 0) is 0 Å². The molecular formula is C11H9F5O3Sn. The van der Waals surface area contributed by atoms with Gasteiger partial charge in [-0.3, -0.25) is 0 Å². The van der Waals surface area contributed by atoms with Gasteiger partial charge >= 0.3 is 118 Å². The molecule has 0 radical (unpaired) electrons. The summed E-state index contributed by atoms with van der Waals surface area (Å²) in [6, 6.07) is 7.95. The summed E-state index contributed by atoms with van der Waals surface area (Å²) in [4.78, 5) is 11.1. The molecule has 0 unspecified atom stereocenters. The van der Waals surface area contributed by atoms with Crippen LogP contribution in [-0.2, 0) is 17.6 Å². The van der Waals surface area contributed by atoms with Gasteiger partial charge in [0.2, 0.25) is 0 Å². The summed E-state index contributed by atoms with van der Waals surface area (Å²) < 4.78 is 75.2. The van der Waals surface area contributed by atoms with E-state index in [0.29, 0.717) is 5.56 Å². The van der Waals surface area contributed by atoms with Crippen molar-refractivity contribution in [2.45, 2.75) is 25.1 Å². The molecule has 0 aliphatic carbocycles. The van der Waals surface area contributed by atoms with Gasteiger partial charge in [0.15, 0.2) is 0 Å². The third-order valence-corrected chi connectivity index (χ3v) is 5.42. The molecule has 1 aromatic carbocycles. The van der Waals surface area contributed by atoms with E-state index in [-0.39, 0.29) is 6.61 Å². The summed E-state index contributed by atoms with van der Waals surface area (Å²) in [5.41, 5.74) is 0.480. The van der Waals surface area contributed by atoms with Gasteiger partial charge in [0.05, 0.1) is 0 Å². The first-order chi connectivity index (χ1) is 9.12. The number of hydrogen-bond acceptors (Lipinski definition) is 3. The van der Waals surface area contributed by atoms with Crippen LogP contribution in [0.25, 0.3) is 0 Å². The monoisotopic (exact) mass is 404 g/mol. The molecular weight excluding hydrogens is 394 g/mol. The molecule has 0 saturated carbocycles. The molecule has 0 amide bonds. The van der Waals surface area contributed by atoms with Crippen molar-refractivity contribution >= 4 is 24.0 Å². The predicted molar refractivity (Wildman–Crippen MR) is 58.3 cm³/mol. The number of carbonyl (C=O) groups excluding carboxylic acids is 1. The van der Waals surface area contributed by atoms with Gasteiger partial charge in [-0.1, -0.05) is 0 Å². The molecule has 0 aromatic heterocycles. The Morgan fingerprint density at radius 3 is 2.15 bits per heavy atom. The number of halogens is 5. The molecule has 20 heavy (non-hydrogen) atoms. The zero-order chi connectivity index (χ0) is 15.4. The average molecular weight is 403 g/mol. The van der Waals surface area contributed by atoms with Gasteiger partial charge in [-0.25, -0.2) is 0 Å². The molecule has 0 N–H and O–H groups in total. The van der Waals surface area contributed by atoms with E-state index >= 15 is 0 Å². The van der Waals surface area contributed by atoms with Crippen LogP contribution in [-0.4, -0.2) is 36.1 Å². The molecule has 0 aliphatic heterocycles. The second-order valence-electron chi connectivity index (χ2n) is 3.89. The fraction of sp³-hybridized carbons (Fsp3) is 0.364. The van der Waals surface area contributed by atoms with Crippen LogP contribution in [0.1, 0.15) is 12.0 Å². The van der Waals surface area contributed by atoms with E-state index in [9.17, 15) is 29.8 Å². The molecule has 0 bridgehead atoms. The first-order valence-electron chi connectivity index (χ1n) is 5.32. The number of carbonyl (C=O) groups is 1. The standard InChI is InChI=1S/C7H7O.C4H2F5O.O.Sn/c8-6-7-4-2-1-3-5-7;5-3(6,2-10)1-4(7,8)9;;/h1-5H,6H2;1H2;;/q-1;;;+1. The van der Waals surface area contributed by atoms with Crippen LogP contribution in [0.15, 0.2) is 30.3 Å². The summed E-state index contributed by atoms with van der Waals surface area (Å²) in [5.74, 6) is -4.70. The Bertz CT molecular complexity index is 487. The first kappa shape index (κ1) is 17.2. The van der Waals surface area contributed by atoms with Crippen LogP contribution < -0.4 is 0 Å². The third kappa shape index (κ3) is 5.61. The van der Waals surface area contributed by atoms with Crippen molar-refractivity contribution in [2.24, 2.45) is 0 Å². The van der Waals surface area contributed by atoms with Gasteiger partial charge in [0.25, 0.3) is 0 Å². The Kier molecular flexibility index (Phi) is 5.75. The Morgan fingerprint density at radius 2 is 1.65 bits per heavy atom. The maximum absolute atomic E-state index is 13.0. The summed E-state index contributed by atoms with van der Waals surface area (Å²) in [6.07, 6.45) is -7.85. The maximum atomic E-state index is 13.0. The molecule has 0 aliphatic rings. The van der Waals surface area contributed by atoms with Crippen LogP contribution in [0.4, 0.5) is 22.0 Å². The van der Waals surface area contributed by atoms with Crippen molar-refractivity contribution in [1.82, 2.24) is 0 Å². The zero-order valence-corrected chi connectivity index (χ0v) is 12.8. The van der Waals surface area contributed by atoms with Crippen LogP contribution >= 0.6 is 0 Å². The summed E-state index contributed by atoms with van der Waals surface area (Å²) in [6.45, 7) is -0.354. The average Bonchev–Trinajstić information content (AvgIpc) is 2.33. The number of rotatable bonds is 6. The Labute approximate surface area is 118 Å². The van der Waals surface area contributed by atoms with Crippen molar-refractivity contribution in [3.63, 3.8) is 0 Å². The van der Waals surface area contributed by atoms with E-state index in [4.69, 9.17) is 0 Å². The van der Waals surface area contributed by atoms with Crippen LogP contribution in [0.2, 0.25) is 0 Å². The normalized spacial score (nSPS) is 12.2. The number of benzene rings is 1. The zero-order valence-electron chi connectivity index (χ0n) is 9.92. The topological polar surface area (TPSA) is 43.4 Å². The number of hydrogen-bond donors (Lipinski definition) is 0. The van der Waals surface area contributed by atoms with Gasteiger partial charge < -0.3 is 0 Å². The molecule has 0 heterocycles. The first-order valence-corrected chi connectivity index (χ1v) is 9.07. The van der Waals surface area contributed by atoms with E-state index < -0.39 is 42.5 Å². The van der Waals surface area contributed by atoms with Crippen molar-refractivity contribution in [1.29, 1.82) is 0 Å². The second kappa shape index (κ2) is 6.70. The Morgan fingerprint density at radius 1 is 1.10 bits per heavy atom. The fourth-order valence-electron chi connectivity index (χ4n) is 1.27. The van der Waals surface area contributed by atoms with Crippen molar-refractivity contribution < 1.29 is 32.9 Å². The molecule has 0 fully saturated rings. The quantitative estimate of drug-likeness (QED) is 0.543. The van der Waals surface area contributed by atoms with Gasteiger partial charge in [0, 0.05) is 0 Å². The molecule has 0 atom stereocenters. The Hall–Kier alpha value is -0.901. The molecule has 1 rings (SSSR count). The van der Waals surface area contributed by atoms with E-state index in [2.05, 4.69) is 3.07 Å². The summed E-state index contributed by atoms with van der Waals surface area (Å²) >= 11 is -4.92. The molecule has 0 spiro atoms.